The average molecular weight is 318 g/mol. The molecule has 0 aliphatic carbocycles. The first-order valence-corrected chi connectivity index (χ1v) is 7.14. The highest BCUT2D eigenvalue weighted by molar-refractivity contribution is 5.91. The van der Waals surface area contributed by atoms with Crippen molar-refractivity contribution in [1.82, 2.24) is 9.88 Å². The normalized spacial score (nSPS) is 10.5. The molecule has 1 aromatic heterocycles. The van der Waals surface area contributed by atoms with E-state index in [0.29, 0.717) is 31.8 Å². The van der Waals surface area contributed by atoms with E-state index in [1.807, 2.05) is 0 Å². The van der Waals surface area contributed by atoms with Crippen molar-refractivity contribution in [3.63, 3.8) is 0 Å². The summed E-state index contributed by atoms with van der Waals surface area (Å²) < 4.78 is 5.17. The Morgan fingerprint density at radius 1 is 1.35 bits per heavy atom. The molecule has 8 heteroatoms. The third-order valence-electron chi connectivity index (χ3n) is 3.36. The maximum atomic E-state index is 12.2. The van der Waals surface area contributed by atoms with E-state index in [-0.39, 0.29) is 17.3 Å². The van der Waals surface area contributed by atoms with Crippen LogP contribution in [0.5, 0.6) is 0 Å². The lowest BCUT2D eigenvalue weighted by Crippen LogP contribution is -2.29. The van der Waals surface area contributed by atoms with Gasteiger partial charge in [0.05, 0.1) is 4.92 Å². The molecule has 0 unspecified atom stereocenters. The van der Waals surface area contributed by atoms with Crippen molar-refractivity contribution in [3.8, 4) is 0 Å². The van der Waals surface area contributed by atoms with Gasteiger partial charge in [0.15, 0.2) is 11.6 Å². The molecule has 0 spiro atoms. The first-order chi connectivity index (χ1) is 11.0. The number of carbonyl (C=O) groups excluding carboxylic acids is 1. The first kappa shape index (κ1) is 16.6. The minimum atomic E-state index is -0.442. The zero-order chi connectivity index (χ0) is 16.8. The van der Waals surface area contributed by atoms with Gasteiger partial charge in [0.25, 0.3) is 11.6 Å². The molecule has 23 heavy (non-hydrogen) atoms. The number of nitrogens with zero attached hydrogens (tertiary/aromatic N) is 3. The van der Waals surface area contributed by atoms with Crippen LogP contribution in [0.2, 0.25) is 0 Å². The summed E-state index contributed by atoms with van der Waals surface area (Å²) in [6, 6.07) is 6.28. The third kappa shape index (κ3) is 4.36. The number of nitro groups is 1. The molecule has 0 saturated carbocycles. The summed E-state index contributed by atoms with van der Waals surface area (Å²) in [5, 5.41) is 10.6. The van der Waals surface area contributed by atoms with Crippen LogP contribution < -0.4 is 5.73 Å². The van der Waals surface area contributed by atoms with Gasteiger partial charge in [0.1, 0.15) is 6.26 Å². The number of amides is 1. The van der Waals surface area contributed by atoms with Crippen LogP contribution in [0.25, 0.3) is 0 Å². The lowest BCUT2D eigenvalue weighted by atomic mass is 10.1. The second kappa shape index (κ2) is 7.50. The quantitative estimate of drug-likeness (QED) is 0.609. The lowest BCUT2D eigenvalue weighted by Gasteiger charge is -2.15. The maximum absolute atomic E-state index is 12.2. The van der Waals surface area contributed by atoms with Gasteiger partial charge < -0.3 is 15.1 Å². The highest BCUT2D eigenvalue weighted by atomic mass is 16.6. The number of likely N-dealkylation sites (N-methyl/N-ethyl adjacent to an activating group) is 1. The molecule has 2 N–H and O–H groups in total. The largest absolute Gasteiger partial charge is 0.448 e. The van der Waals surface area contributed by atoms with E-state index >= 15 is 0 Å². The Morgan fingerprint density at radius 2 is 2.04 bits per heavy atom. The number of non-ortho nitro benzene ring substituents is 1. The van der Waals surface area contributed by atoms with Gasteiger partial charge in [-0.15, -0.1) is 0 Å². The van der Waals surface area contributed by atoms with Crippen LogP contribution in [-0.2, 0) is 12.8 Å². The van der Waals surface area contributed by atoms with Crippen LogP contribution in [0.1, 0.15) is 21.9 Å². The van der Waals surface area contributed by atoms with Crippen molar-refractivity contribution >= 4 is 11.6 Å². The number of hydrogen-bond donors (Lipinski definition) is 1. The van der Waals surface area contributed by atoms with Gasteiger partial charge in [-0.3, -0.25) is 14.9 Å². The van der Waals surface area contributed by atoms with Gasteiger partial charge in [-0.2, -0.15) is 0 Å². The summed E-state index contributed by atoms with van der Waals surface area (Å²) in [4.78, 5) is 28.0. The number of hydrogen-bond acceptors (Lipinski definition) is 6. The molecule has 2 rings (SSSR count). The predicted octanol–water partition coefficient (Wildman–Crippen LogP) is 1.40. The molecular weight excluding hydrogens is 300 g/mol. The minimum Gasteiger partial charge on any atom is -0.448 e. The number of oxazole rings is 1. The van der Waals surface area contributed by atoms with Crippen LogP contribution in [0.15, 0.2) is 34.9 Å². The first-order valence-electron chi connectivity index (χ1n) is 7.14. The third-order valence-corrected chi connectivity index (χ3v) is 3.36. The number of aromatic nitrogens is 1. The molecule has 8 nitrogen and oxygen atoms in total. The topological polar surface area (TPSA) is 116 Å². The number of carbonyl (C=O) groups is 1. The number of nitro benzene ring substituents is 1. The van der Waals surface area contributed by atoms with Crippen LogP contribution in [0.3, 0.4) is 0 Å². The summed E-state index contributed by atoms with van der Waals surface area (Å²) in [5.41, 5.74) is 6.62. The van der Waals surface area contributed by atoms with E-state index in [4.69, 9.17) is 10.2 Å². The Bertz CT molecular complexity index is 681. The Morgan fingerprint density at radius 3 is 2.65 bits per heavy atom. The Labute approximate surface area is 133 Å². The Kier molecular flexibility index (Phi) is 5.42. The van der Waals surface area contributed by atoms with Gasteiger partial charge in [-0.25, -0.2) is 4.98 Å². The van der Waals surface area contributed by atoms with E-state index in [0.717, 1.165) is 5.56 Å². The molecule has 0 aliphatic heterocycles. The van der Waals surface area contributed by atoms with E-state index in [9.17, 15) is 14.9 Å². The van der Waals surface area contributed by atoms with Crippen molar-refractivity contribution in [2.75, 3.05) is 20.1 Å². The SMILES string of the molecule is CN(CCc1ccc([N+](=O)[O-])cc1)C(=O)c1coc(CCN)n1. The molecule has 0 fully saturated rings. The van der Waals surface area contributed by atoms with Gasteiger partial charge >= 0.3 is 0 Å². The van der Waals surface area contributed by atoms with Crippen molar-refractivity contribution in [2.24, 2.45) is 5.73 Å². The predicted molar refractivity (Wildman–Crippen MR) is 83.0 cm³/mol. The number of rotatable bonds is 7. The standard InChI is InChI=1S/C15H18N4O4/c1-18(15(20)13-10-23-14(17-13)6-8-16)9-7-11-2-4-12(5-3-11)19(21)22/h2-5,10H,6-9,16H2,1H3. The van der Waals surface area contributed by atoms with Crippen molar-refractivity contribution < 1.29 is 14.1 Å². The van der Waals surface area contributed by atoms with Crippen molar-refractivity contribution in [1.29, 1.82) is 0 Å². The highest BCUT2D eigenvalue weighted by Crippen LogP contribution is 2.13. The summed E-state index contributed by atoms with van der Waals surface area (Å²) in [7, 11) is 1.67. The molecular formula is C15H18N4O4. The lowest BCUT2D eigenvalue weighted by molar-refractivity contribution is -0.384. The molecule has 0 radical (unpaired) electrons. The summed E-state index contributed by atoms with van der Waals surface area (Å²) in [6.45, 7) is 0.875. The molecule has 1 heterocycles. The average Bonchev–Trinajstić information content (AvgIpc) is 3.01. The zero-order valence-corrected chi connectivity index (χ0v) is 12.8. The Hall–Kier alpha value is -2.74. The fourth-order valence-corrected chi connectivity index (χ4v) is 2.03. The van der Waals surface area contributed by atoms with E-state index in [1.165, 1.54) is 23.3 Å². The minimum absolute atomic E-state index is 0.0493. The fourth-order valence-electron chi connectivity index (χ4n) is 2.03. The maximum Gasteiger partial charge on any atom is 0.275 e. The molecule has 0 aliphatic rings. The highest BCUT2D eigenvalue weighted by Gasteiger charge is 2.16. The van der Waals surface area contributed by atoms with Crippen LogP contribution in [-0.4, -0.2) is 40.9 Å². The van der Waals surface area contributed by atoms with E-state index < -0.39 is 4.92 Å². The molecule has 0 bridgehead atoms. The monoisotopic (exact) mass is 318 g/mol. The number of nitrogens with two attached hydrogens (primary N) is 1. The summed E-state index contributed by atoms with van der Waals surface area (Å²) in [5.74, 6) is 0.207. The van der Waals surface area contributed by atoms with Crippen LogP contribution >= 0.6 is 0 Å². The van der Waals surface area contributed by atoms with Gasteiger partial charge in [0.2, 0.25) is 0 Å². The van der Waals surface area contributed by atoms with Crippen LogP contribution in [0, 0.1) is 10.1 Å². The fraction of sp³-hybridized carbons (Fsp3) is 0.333. The van der Waals surface area contributed by atoms with Crippen molar-refractivity contribution in [3.05, 3.63) is 57.8 Å². The molecule has 122 valence electrons. The molecule has 0 saturated heterocycles. The zero-order valence-electron chi connectivity index (χ0n) is 12.8. The second-order valence-electron chi connectivity index (χ2n) is 5.07. The molecule has 0 atom stereocenters. The molecule has 1 aromatic carbocycles. The Balaban J connectivity index is 1.91. The van der Waals surface area contributed by atoms with E-state index in [2.05, 4.69) is 4.98 Å². The van der Waals surface area contributed by atoms with Crippen molar-refractivity contribution in [2.45, 2.75) is 12.8 Å². The van der Waals surface area contributed by atoms with E-state index in [1.54, 1.807) is 19.2 Å². The second-order valence-corrected chi connectivity index (χ2v) is 5.07. The molecule has 2 aromatic rings. The van der Waals surface area contributed by atoms with Gasteiger partial charge in [0, 0.05) is 38.7 Å². The summed E-state index contributed by atoms with van der Waals surface area (Å²) in [6.07, 6.45) is 2.41. The summed E-state index contributed by atoms with van der Waals surface area (Å²) >= 11 is 0. The van der Waals surface area contributed by atoms with Crippen LogP contribution in [0.4, 0.5) is 5.69 Å². The smallest absolute Gasteiger partial charge is 0.275 e. The van der Waals surface area contributed by atoms with Gasteiger partial charge in [-0.05, 0) is 12.0 Å². The molecule has 1 amide bonds. The van der Waals surface area contributed by atoms with Gasteiger partial charge in [-0.1, -0.05) is 12.1 Å². The number of benzene rings is 1.